The molecular formula is C28H26FN3O3. The molecule has 0 unspecified atom stereocenters. The van der Waals surface area contributed by atoms with E-state index in [9.17, 15) is 18.8 Å². The highest BCUT2D eigenvalue weighted by Gasteiger charge is 2.28. The second kappa shape index (κ2) is 9.33. The summed E-state index contributed by atoms with van der Waals surface area (Å²) in [4.78, 5) is 42.0. The predicted molar refractivity (Wildman–Crippen MR) is 134 cm³/mol. The quantitative estimate of drug-likeness (QED) is 0.584. The summed E-state index contributed by atoms with van der Waals surface area (Å²) in [5.74, 6) is -0.741. The molecule has 0 bridgehead atoms. The lowest BCUT2D eigenvalue weighted by atomic mass is 9.98. The van der Waals surface area contributed by atoms with Gasteiger partial charge >= 0.3 is 0 Å². The van der Waals surface area contributed by atoms with Crippen LogP contribution in [0.25, 0.3) is 0 Å². The molecule has 0 aromatic heterocycles. The molecule has 5 rings (SSSR count). The monoisotopic (exact) mass is 471 g/mol. The minimum atomic E-state index is -0.399. The molecule has 0 fully saturated rings. The third-order valence-corrected chi connectivity index (χ3v) is 6.68. The van der Waals surface area contributed by atoms with Gasteiger partial charge in [0.2, 0.25) is 5.91 Å². The van der Waals surface area contributed by atoms with E-state index in [1.165, 1.54) is 24.3 Å². The standard InChI is InChI=1S/C28H26FN3O3/c1-2-26(33)31-16-14-19-17-20(10-13-24(19)31)28(35)32-15-4-5-22-23(6-3-7-25(22)32)30-27(34)18-8-11-21(29)12-9-18/h3,6-13,17H,2,4-5,14-16H2,1H3,(H,30,34). The zero-order valence-electron chi connectivity index (χ0n) is 19.5. The molecular weight excluding hydrogens is 445 g/mol. The van der Waals surface area contributed by atoms with Crippen LogP contribution in [0.4, 0.5) is 21.5 Å². The van der Waals surface area contributed by atoms with Crippen LogP contribution in [-0.2, 0) is 17.6 Å². The minimum absolute atomic E-state index is 0.0861. The predicted octanol–water partition coefficient (Wildman–Crippen LogP) is 4.97. The maximum atomic E-state index is 13.5. The van der Waals surface area contributed by atoms with Crippen LogP contribution in [0.3, 0.4) is 0 Å². The van der Waals surface area contributed by atoms with Gasteiger partial charge in [-0.2, -0.15) is 0 Å². The summed E-state index contributed by atoms with van der Waals surface area (Å²) < 4.78 is 13.2. The van der Waals surface area contributed by atoms with E-state index in [0.29, 0.717) is 36.3 Å². The number of nitrogens with one attached hydrogen (secondary N) is 1. The number of fused-ring (bicyclic) bond motifs is 2. The largest absolute Gasteiger partial charge is 0.322 e. The molecule has 2 heterocycles. The van der Waals surface area contributed by atoms with E-state index in [0.717, 1.165) is 41.8 Å². The van der Waals surface area contributed by atoms with Gasteiger partial charge in [-0.25, -0.2) is 4.39 Å². The second-order valence-corrected chi connectivity index (χ2v) is 8.82. The Labute approximate surface area is 203 Å². The van der Waals surface area contributed by atoms with Crippen LogP contribution in [0.2, 0.25) is 0 Å². The Balaban J connectivity index is 1.40. The van der Waals surface area contributed by atoms with Gasteiger partial charge in [-0.3, -0.25) is 14.4 Å². The van der Waals surface area contributed by atoms with Gasteiger partial charge in [0.05, 0.1) is 0 Å². The van der Waals surface area contributed by atoms with Gasteiger partial charge in [0.25, 0.3) is 11.8 Å². The van der Waals surface area contributed by atoms with Crippen LogP contribution < -0.4 is 15.1 Å². The summed E-state index contributed by atoms with van der Waals surface area (Å²) in [7, 11) is 0. The smallest absolute Gasteiger partial charge is 0.258 e. The molecule has 3 aromatic carbocycles. The SMILES string of the molecule is CCC(=O)N1CCc2cc(C(=O)N3CCCc4c(NC(=O)c5ccc(F)cc5)cccc43)ccc21. The Kier molecular flexibility index (Phi) is 6.07. The topological polar surface area (TPSA) is 69.7 Å². The van der Waals surface area contributed by atoms with E-state index in [4.69, 9.17) is 0 Å². The van der Waals surface area contributed by atoms with Crippen molar-refractivity contribution in [1.29, 1.82) is 0 Å². The maximum Gasteiger partial charge on any atom is 0.258 e. The Hall–Kier alpha value is -4.00. The molecule has 6 nitrogen and oxygen atoms in total. The van der Waals surface area contributed by atoms with E-state index in [1.54, 1.807) is 15.9 Å². The Bertz CT molecular complexity index is 1320. The van der Waals surface area contributed by atoms with Crippen molar-refractivity contribution in [3.63, 3.8) is 0 Å². The number of nitrogens with zero attached hydrogens (tertiary/aromatic N) is 2. The summed E-state index contributed by atoms with van der Waals surface area (Å²) in [6.07, 6.45) is 2.69. The zero-order chi connectivity index (χ0) is 24.5. The van der Waals surface area contributed by atoms with Gasteiger partial charge < -0.3 is 15.1 Å². The van der Waals surface area contributed by atoms with Crippen molar-refractivity contribution in [2.75, 3.05) is 28.2 Å². The van der Waals surface area contributed by atoms with Crippen molar-refractivity contribution >= 4 is 34.8 Å². The van der Waals surface area contributed by atoms with E-state index < -0.39 is 5.82 Å². The number of anilines is 3. The Morgan fingerprint density at radius 1 is 0.886 bits per heavy atom. The molecule has 2 aliphatic rings. The summed E-state index contributed by atoms with van der Waals surface area (Å²) >= 11 is 0. The van der Waals surface area contributed by atoms with Crippen molar-refractivity contribution in [1.82, 2.24) is 0 Å². The van der Waals surface area contributed by atoms with Gasteiger partial charge in [-0.15, -0.1) is 0 Å². The number of halogens is 1. The van der Waals surface area contributed by atoms with Crippen molar-refractivity contribution in [2.45, 2.75) is 32.6 Å². The Morgan fingerprint density at radius 2 is 1.66 bits per heavy atom. The number of carbonyl (C=O) groups excluding carboxylic acids is 3. The molecule has 1 N–H and O–H groups in total. The molecule has 0 spiro atoms. The Morgan fingerprint density at radius 3 is 2.43 bits per heavy atom. The maximum absolute atomic E-state index is 13.5. The van der Waals surface area contributed by atoms with E-state index in [-0.39, 0.29) is 17.7 Å². The number of rotatable bonds is 4. The fourth-order valence-electron chi connectivity index (χ4n) is 4.89. The highest BCUT2D eigenvalue weighted by Crippen LogP contribution is 2.35. The zero-order valence-corrected chi connectivity index (χ0v) is 19.5. The molecule has 7 heteroatoms. The number of hydrogen-bond acceptors (Lipinski definition) is 3. The highest BCUT2D eigenvalue weighted by molar-refractivity contribution is 6.09. The molecule has 3 aromatic rings. The van der Waals surface area contributed by atoms with Crippen LogP contribution in [0.1, 0.15) is 51.6 Å². The van der Waals surface area contributed by atoms with E-state index in [1.807, 2.05) is 37.3 Å². The van der Waals surface area contributed by atoms with Crippen LogP contribution in [0.5, 0.6) is 0 Å². The molecule has 0 saturated heterocycles. The molecule has 0 saturated carbocycles. The summed E-state index contributed by atoms with van der Waals surface area (Å²) in [5.41, 5.74) is 5.18. The van der Waals surface area contributed by atoms with Gasteiger partial charge in [-0.05, 0) is 85.0 Å². The van der Waals surface area contributed by atoms with Crippen molar-refractivity contribution in [2.24, 2.45) is 0 Å². The summed E-state index contributed by atoms with van der Waals surface area (Å²) in [6.45, 7) is 3.07. The first-order valence-electron chi connectivity index (χ1n) is 11.9. The number of amides is 3. The van der Waals surface area contributed by atoms with Gasteiger partial charge in [0, 0.05) is 47.7 Å². The molecule has 0 radical (unpaired) electrons. The van der Waals surface area contributed by atoms with Crippen LogP contribution in [-0.4, -0.2) is 30.8 Å². The average molecular weight is 472 g/mol. The average Bonchev–Trinajstić information content (AvgIpc) is 3.31. The first kappa shape index (κ1) is 22.8. The summed E-state index contributed by atoms with van der Waals surface area (Å²) in [6, 6.07) is 16.5. The first-order chi connectivity index (χ1) is 17.0. The fraction of sp³-hybridized carbons (Fsp3) is 0.250. The van der Waals surface area contributed by atoms with Crippen molar-refractivity contribution < 1.29 is 18.8 Å². The number of carbonyl (C=O) groups is 3. The molecule has 0 atom stereocenters. The molecule has 35 heavy (non-hydrogen) atoms. The molecule has 2 aliphatic heterocycles. The summed E-state index contributed by atoms with van der Waals surface area (Å²) in [5, 5.41) is 2.92. The minimum Gasteiger partial charge on any atom is -0.322 e. The lowest BCUT2D eigenvalue weighted by Gasteiger charge is -2.31. The van der Waals surface area contributed by atoms with Crippen molar-refractivity contribution in [3.8, 4) is 0 Å². The van der Waals surface area contributed by atoms with Crippen molar-refractivity contribution in [3.05, 3.63) is 88.7 Å². The third-order valence-electron chi connectivity index (χ3n) is 6.68. The molecule has 3 amide bonds. The first-order valence-corrected chi connectivity index (χ1v) is 11.9. The van der Waals surface area contributed by atoms with E-state index >= 15 is 0 Å². The number of hydrogen-bond donors (Lipinski definition) is 1. The fourth-order valence-corrected chi connectivity index (χ4v) is 4.89. The van der Waals surface area contributed by atoms with Crippen LogP contribution in [0, 0.1) is 5.82 Å². The van der Waals surface area contributed by atoms with Gasteiger partial charge in [-0.1, -0.05) is 13.0 Å². The lowest BCUT2D eigenvalue weighted by molar-refractivity contribution is -0.118. The third kappa shape index (κ3) is 4.30. The normalized spacial score (nSPS) is 14.3. The highest BCUT2D eigenvalue weighted by atomic mass is 19.1. The lowest BCUT2D eigenvalue weighted by Crippen LogP contribution is -2.36. The van der Waals surface area contributed by atoms with Crippen LogP contribution in [0.15, 0.2) is 60.7 Å². The molecule has 178 valence electrons. The number of benzene rings is 3. The van der Waals surface area contributed by atoms with Crippen LogP contribution >= 0.6 is 0 Å². The van der Waals surface area contributed by atoms with Gasteiger partial charge in [0.1, 0.15) is 5.82 Å². The van der Waals surface area contributed by atoms with E-state index in [2.05, 4.69) is 5.32 Å². The second-order valence-electron chi connectivity index (χ2n) is 8.82. The van der Waals surface area contributed by atoms with Gasteiger partial charge in [0.15, 0.2) is 0 Å². The molecule has 0 aliphatic carbocycles.